The van der Waals surface area contributed by atoms with Crippen LogP contribution in [0.4, 0.5) is 0 Å². The van der Waals surface area contributed by atoms with E-state index in [1.54, 1.807) is 0 Å². The van der Waals surface area contributed by atoms with Crippen molar-refractivity contribution in [1.82, 2.24) is 0 Å². The van der Waals surface area contributed by atoms with E-state index in [1.165, 1.54) is 0 Å². The van der Waals surface area contributed by atoms with E-state index in [2.05, 4.69) is 0 Å². The normalized spacial score (nSPS) is 23.3. The van der Waals surface area contributed by atoms with E-state index >= 15 is 0 Å². The van der Waals surface area contributed by atoms with Gasteiger partial charge in [-0.2, -0.15) is 0 Å². The summed E-state index contributed by atoms with van der Waals surface area (Å²) in [7, 11) is -2.77. The van der Waals surface area contributed by atoms with Crippen LogP contribution in [0.1, 0.15) is 19.3 Å². The van der Waals surface area contributed by atoms with Crippen LogP contribution in [0.2, 0.25) is 0 Å². The van der Waals surface area contributed by atoms with Gasteiger partial charge in [-0.3, -0.25) is 0 Å². The van der Waals surface area contributed by atoms with Crippen LogP contribution >= 0.6 is 7.14 Å². The second-order valence-corrected chi connectivity index (χ2v) is 9.28. The monoisotopic (exact) mass is 342 g/mol. The average Bonchev–Trinajstić information content (AvgIpc) is 2.60. The van der Waals surface area contributed by atoms with Gasteiger partial charge in [-0.05, 0) is 19.3 Å². The van der Waals surface area contributed by atoms with E-state index in [4.69, 9.17) is 0 Å². The number of hydrogen-bond acceptors (Lipinski definition) is 3. The second kappa shape index (κ2) is 7.48. The maximum absolute atomic E-state index is 13.9. The first-order valence-electron chi connectivity index (χ1n) is 8.32. The van der Waals surface area contributed by atoms with Crippen LogP contribution in [0.25, 0.3) is 0 Å². The Kier molecular flexibility index (Phi) is 5.35. The summed E-state index contributed by atoms with van der Waals surface area (Å²) in [6.45, 7) is 0. The molecule has 1 aliphatic rings. The van der Waals surface area contributed by atoms with Gasteiger partial charge in [0.2, 0.25) is 0 Å². The van der Waals surface area contributed by atoms with Crippen molar-refractivity contribution >= 4 is 17.8 Å². The lowest BCUT2D eigenvalue weighted by molar-refractivity contribution is 0.0609. The van der Waals surface area contributed by atoms with Crippen molar-refractivity contribution < 1.29 is 14.8 Å². The van der Waals surface area contributed by atoms with E-state index in [1.807, 2.05) is 66.7 Å². The van der Waals surface area contributed by atoms with E-state index in [9.17, 15) is 14.8 Å². The molecule has 0 spiro atoms. The molecule has 1 fully saturated rings. The van der Waals surface area contributed by atoms with Gasteiger partial charge in [-0.15, -0.1) is 0 Å². The molecule has 2 atom stereocenters. The Labute approximate surface area is 143 Å². The Bertz CT molecular complexity index is 684. The smallest absolute Gasteiger partial charge is 0.146 e. The zero-order valence-corrected chi connectivity index (χ0v) is 14.5. The molecular formula is C20H23O3P. The highest BCUT2D eigenvalue weighted by Gasteiger charge is 2.27. The van der Waals surface area contributed by atoms with Gasteiger partial charge >= 0.3 is 0 Å². The van der Waals surface area contributed by atoms with Gasteiger partial charge in [0.1, 0.15) is 7.14 Å². The highest BCUT2D eigenvalue weighted by molar-refractivity contribution is 7.78. The molecular weight excluding hydrogens is 319 g/mol. The number of allylic oxidation sites excluding steroid dienone is 1. The predicted molar refractivity (Wildman–Crippen MR) is 98.6 cm³/mol. The number of benzene rings is 2. The molecule has 0 aromatic heterocycles. The number of hydrogen-bond donors (Lipinski definition) is 2. The second-order valence-electron chi connectivity index (χ2n) is 6.41. The van der Waals surface area contributed by atoms with Crippen LogP contribution in [0.5, 0.6) is 0 Å². The minimum Gasteiger partial charge on any atom is -0.393 e. The van der Waals surface area contributed by atoms with Crippen molar-refractivity contribution in [3.8, 4) is 0 Å². The summed E-state index contributed by atoms with van der Waals surface area (Å²) >= 11 is 0. The first-order chi connectivity index (χ1) is 11.6. The first kappa shape index (κ1) is 17.2. The maximum Gasteiger partial charge on any atom is 0.146 e. The molecule has 0 saturated heterocycles. The molecule has 2 aromatic carbocycles. The molecule has 2 N–H and O–H groups in total. The fraction of sp³-hybridized carbons (Fsp3) is 0.300. The van der Waals surface area contributed by atoms with Crippen molar-refractivity contribution in [2.45, 2.75) is 31.5 Å². The first-order valence-corrected chi connectivity index (χ1v) is 10.2. The third kappa shape index (κ3) is 3.87. The summed E-state index contributed by atoms with van der Waals surface area (Å²) in [5, 5.41) is 21.4. The molecule has 0 radical (unpaired) electrons. The van der Waals surface area contributed by atoms with Gasteiger partial charge < -0.3 is 14.8 Å². The van der Waals surface area contributed by atoms with Crippen LogP contribution in [0, 0.1) is 0 Å². The predicted octanol–water partition coefficient (Wildman–Crippen LogP) is 2.83. The lowest BCUT2D eigenvalue weighted by atomic mass is 9.90. The summed E-state index contributed by atoms with van der Waals surface area (Å²) in [6, 6.07) is 19.1. The topological polar surface area (TPSA) is 57.5 Å². The molecule has 0 amide bonds. The standard InChI is InChI=1S/C20H23O3P/c21-17-13-16(14-18(22)15-17)11-12-24(23,19-7-3-1-4-8-19)20-9-5-2-6-10-20/h1-11,17-18,21-22H,12-15H2/t17-,18?/m1/s1. The number of aliphatic hydroxyl groups is 2. The van der Waals surface area contributed by atoms with Crippen molar-refractivity contribution in [2.75, 3.05) is 6.16 Å². The van der Waals surface area contributed by atoms with Gasteiger partial charge in [0.15, 0.2) is 0 Å². The molecule has 0 aliphatic heterocycles. The summed E-state index contributed by atoms with van der Waals surface area (Å²) < 4.78 is 13.9. The molecule has 2 aromatic rings. The Morgan fingerprint density at radius 2 is 1.33 bits per heavy atom. The van der Waals surface area contributed by atoms with Gasteiger partial charge in [-0.1, -0.05) is 72.3 Å². The van der Waals surface area contributed by atoms with Gasteiger partial charge in [0.25, 0.3) is 0 Å². The fourth-order valence-corrected chi connectivity index (χ4v) is 5.83. The quantitative estimate of drug-likeness (QED) is 0.664. The fourth-order valence-electron chi connectivity index (χ4n) is 3.29. The van der Waals surface area contributed by atoms with E-state index in [0.29, 0.717) is 25.4 Å². The third-order valence-corrected chi connectivity index (χ3v) is 7.48. The molecule has 126 valence electrons. The van der Waals surface area contributed by atoms with Crippen molar-refractivity contribution in [1.29, 1.82) is 0 Å². The zero-order chi connectivity index (χ0) is 17.0. The summed E-state index contributed by atoms with van der Waals surface area (Å²) in [5.74, 6) is 0. The SMILES string of the molecule is O=P(CC=C1CC(O)C[C@H](O)C1)(c1ccccc1)c1ccccc1. The minimum atomic E-state index is -2.77. The lowest BCUT2D eigenvalue weighted by Gasteiger charge is -2.25. The average molecular weight is 342 g/mol. The highest BCUT2D eigenvalue weighted by atomic mass is 31.2. The molecule has 0 bridgehead atoms. The van der Waals surface area contributed by atoms with Crippen LogP contribution in [-0.2, 0) is 4.57 Å². The number of aliphatic hydroxyl groups excluding tert-OH is 2. The Morgan fingerprint density at radius 3 is 1.79 bits per heavy atom. The molecule has 0 heterocycles. The lowest BCUT2D eigenvalue weighted by Crippen LogP contribution is -2.25. The third-order valence-electron chi connectivity index (χ3n) is 4.52. The van der Waals surface area contributed by atoms with E-state index in [0.717, 1.165) is 16.2 Å². The molecule has 1 aliphatic carbocycles. The molecule has 24 heavy (non-hydrogen) atoms. The van der Waals surface area contributed by atoms with Crippen LogP contribution < -0.4 is 10.6 Å². The Balaban J connectivity index is 1.93. The summed E-state index contributed by atoms with van der Waals surface area (Å²) in [6.07, 6.45) is 2.90. The zero-order valence-electron chi connectivity index (χ0n) is 13.6. The molecule has 1 saturated carbocycles. The Hall–Kier alpha value is -1.67. The van der Waals surface area contributed by atoms with Crippen molar-refractivity contribution in [3.63, 3.8) is 0 Å². The van der Waals surface area contributed by atoms with Gasteiger partial charge in [0, 0.05) is 16.8 Å². The largest absolute Gasteiger partial charge is 0.393 e. The number of rotatable bonds is 4. The molecule has 3 nitrogen and oxygen atoms in total. The van der Waals surface area contributed by atoms with E-state index < -0.39 is 19.3 Å². The van der Waals surface area contributed by atoms with Crippen molar-refractivity contribution in [2.24, 2.45) is 0 Å². The van der Waals surface area contributed by atoms with E-state index in [-0.39, 0.29) is 0 Å². The maximum atomic E-state index is 13.9. The highest BCUT2D eigenvalue weighted by Crippen LogP contribution is 2.44. The van der Waals surface area contributed by atoms with Crippen LogP contribution in [-0.4, -0.2) is 28.6 Å². The van der Waals surface area contributed by atoms with Crippen LogP contribution in [0.3, 0.4) is 0 Å². The van der Waals surface area contributed by atoms with Gasteiger partial charge in [0.05, 0.1) is 12.2 Å². The molecule has 4 heteroatoms. The summed E-state index contributed by atoms with van der Waals surface area (Å²) in [5.41, 5.74) is 0.994. The minimum absolute atomic E-state index is 0.413. The molecule has 3 rings (SSSR count). The van der Waals surface area contributed by atoms with Crippen LogP contribution in [0.15, 0.2) is 72.3 Å². The van der Waals surface area contributed by atoms with Gasteiger partial charge in [-0.25, -0.2) is 0 Å². The summed E-state index contributed by atoms with van der Waals surface area (Å²) in [4.78, 5) is 0. The van der Waals surface area contributed by atoms with Crippen molar-refractivity contribution in [3.05, 3.63) is 72.3 Å². The Morgan fingerprint density at radius 1 is 0.875 bits per heavy atom. The molecule has 1 unspecified atom stereocenters.